The first kappa shape index (κ1) is 20.0. The van der Waals surface area contributed by atoms with Gasteiger partial charge in [0.1, 0.15) is 16.5 Å². The highest BCUT2D eigenvalue weighted by molar-refractivity contribution is 7.71. The minimum atomic E-state index is -0.178. The van der Waals surface area contributed by atoms with Gasteiger partial charge in [-0.25, -0.2) is 4.98 Å². The molecule has 1 aliphatic rings. The number of aromatic nitrogens is 5. The van der Waals surface area contributed by atoms with Crippen molar-refractivity contribution in [2.24, 2.45) is 0 Å². The van der Waals surface area contributed by atoms with Gasteiger partial charge in [0, 0.05) is 32.5 Å². The van der Waals surface area contributed by atoms with Gasteiger partial charge in [-0.15, -0.1) is 11.3 Å². The van der Waals surface area contributed by atoms with Crippen molar-refractivity contribution in [3.8, 4) is 0 Å². The van der Waals surface area contributed by atoms with Crippen LogP contribution in [-0.2, 0) is 25.9 Å². The van der Waals surface area contributed by atoms with Crippen LogP contribution in [0.25, 0.3) is 10.2 Å². The van der Waals surface area contributed by atoms with Crippen molar-refractivity contribution in [1.82, 2.24) is 29.6 Å². The zero-order valence-electron chi connectivity index (χ0n) is 16.6. The van der Waals surface area contributed by atoms with E-state index in [2.05, 4.69) is 15.5 Å². The van der Waals surface area contributed by atoms with Crippen LogP contribution in [0, 0.1) is 11.7 Å². The van der Waals surface area contributed by atoms with Crippen LogP contribution < -0.4 is 10.9 Å². The largest absolute Gasteiger partial charge is 0.351 e. The lowest BCUT2D eigenvalue weighted by molar-refractivity contribution is 0.0957. The van der Waals surface area contributed by atoms with Gasteiger partial charge in [-0.3, -0.25) is 19.3 Å². The topological polar surface area (TPSA) is 97.6 Å². The van der Waals surface area contributed by atoms with Crippen molar-refractivity contribution in [3.63, 3.8) is 0 Å². The van der Waals surface area contributed by atoms with E-state index in [1.165, 1.54) is 11.3 Å². The summed E-state index contributed by atoms with van der Waals surface area (Å²) >= 11 is 6.49. The molecule has 2 N–H and O–H groups in total. The molecule has 0 fully saturated rings. The SMILES string of the molecule is CCn1c(CCNC(=O)c2sc3nc4n(c(=O)c3c2C)CCCCC4)n[nH]c1=S. The molecule has 0 saturated carbocycles. The molecule has 154 valence electrons. The zero-order chi connectivity index (χ0) is 20.5. The van der Waals surface area contributed by atoms with Crippen molar-refractivity contribution >= 4 is 39.7 Å². The second kappa shape index (κ2) is 8.19. The molecule has 0 spiro atoms. The molecule has 0 atom stereocenters. The Kier molecular flexibility index (Phi) is 5.64. The molecule has 4 heterocycles. The summed E-state index contributed by atoms with van der Waals surface area (Å²) in [4.78, 5) is 31.8. The van der Waals surface area contributed by atoms with E-state index in [0.717, 1.165) is 49.4 Å². The van der Waals surface area contributed by atoms with E-state index in [4.69, 9.17) is 17.2 Å². The Labute approximate surface area is 177 Å². The molecule has 0 bridgehead atoms. The number of thiophene rings is 1. The van der Waals surface area contributed by atoms with Gasteiger partial charge in [-0.1, -0.05) is 6.42 Å². The predicted molar refractivity (Wildman–Crippen MR) is 115 cm³/mol. The van der Waals surface area contributed by atoms with Crippen molar-refractivity contribution in [3.05, 3.63) is 37.2 Å². The van der Waals surface area contributed by atoms with Crippen LogP contribution in [0.3, 0.4) is 0 Å². The molecule has 0 aromatic carbocycles. The zero-order valence-corrected chi connectivity index (χ0v) is 18.2. The number of H-pyrrole nitrogens is 1. The molecular formula is C19H24N6O2S2. The van der Waals surface area contributed by atoms with Gasteiger partial charge in [0.05, 0.1) is 10.3 Å². The van der Waals surface area contributed by atoms with Gasteiger partial charge in [0.15, 0.2) is 4.77 Å². The fourth-order valence-electron chi connectivity index (χ4n) is 3.86. The monoisotopic (exact) mass is 432 g/mol. The summed E-state index contributed by atoms with van der Waals surface area (Å²) in [5, 5.41) is 10.5. The van der Waals surface area contributed by atoms with Crippen LogP contribution in [0.2, 0.25) is 0 Å². The second-order valence-corrected chi connectivity index (χ2v) is 8.61. The molecule has 3 aromatic heterocycles. The third kappa shape index (κ3) is 3.66. The standard InChI is InChI=1S/C19H24N6O2S2/c1-3-24-13(22-23-19(24)28)8-9-20-16(26)15-11(2)14-17(29-15)21-12-7-5-4-6-10-25(12)18(14)27/h3-10H2,1-2H3,(H,20,26)(H,23,28). The number of nitrogens with one attached hydrogen (secondary N) is 2. The number of aromatic amines is 1. The molecule has 1 amide bonds. The minimum Gasteiger partial charge on any atom is -0.351 e. The molecule has 0 radical (unpaired) electrons. The van der Waals surface area contributed by atoms with Gasteiger partial charge in [-0.05, 0) is 44.5 Å². The molecule has 0 saturated heterocycles. The molecule has 4 rings (SSSR count). The number of carbonyl (C=O) groups excluding carboxylic acids is 1. The van der Waals surface area contributed by atoms with E-state index in [1.807, 2.05) is 18.4 Å². The maximum absolute atomic E-state index is 13.0. The smallest absolute Gasteiger partial charge is 0.262 e. The van der Waals surface area contributed by atoms with Gasteiger partial charge < -0.3 is 9.88 Å². The van der Waals surface area contributed by atoms with Crippen molar-refractivity contribution in [2.45, 2.75) is 59.0 Å². The highest BCUT2D eigenvalue weighted by atomic mass is 32.1. The summed E-state index contributed by atoms with van der Waals surface area (Å²) in [7, 11) is 0. The molecular weight excluding hydrogens is 408 g/mol. The predicted octanol–water partition coefficient (Wildman–Crippen LogP) is 2.74. The van der Waals surface area contributed by atoms with Gasteiger partial charge in [-0.2, -0.15) is 5.10 Å². The Hall–Kier alpha value is -2.33. The number of hydrogen-bond donors (Lipinski definition) is 2. The molecule has 0 unspecified atom stereocenters. The third-order valence-electron chi connectivity index (χ3n) is 5.41. The maximum Gasteiger partial charge on any atom is 0.262 e. The van der Waals surface area contributed by atoms with E-state index in [0.29, 0.717) is 39.4 Å². The van der Waals surface area contributed by atoms with Crippen LogP contribution in [0.15, 0.2) is 4.79 Å². The average Bonchev–Trinajstić information content (AvgIpc) is 3.11. The lowest BCUT2D eigenvalue weighted by Gasteiger charge is -2.08. The number of fused-ring (bicyclic) bond motifs is 2. The van der Waals surface area contributed by atoms with Gasteiger partial charge in [0.25, 0.3) is 11.5 Å². The van der Waals surface area contributed by atoms with Crippen molar-refractivity contribution in [2.75, 3.05) is 6.54 Å². The fourth-order valence-corrected chi connectivity index (χ4v) is 5.25. The summed E-state index contributed by atoms with van der Waals surface area (Å²) in [6, 6.07) is 0. The Morgan fingerprint density at radius 2 is 2.17 bits per heavy atom. The highest BCUT2D eigenvalue weighted by Gasteiger charge is 2.22. The van der Waals surface area contributed by atoms with E-state index in [9.17, 15) is 9.59 Å². The minimum absolute atomic E-state index is 0.0156. The first-order valence-corrected chi connectivity index (χ1v) is 11.2. The lowest BCUT2D eigenvalue weighted by Crippen LogP contribution is -2.27. The third-order valence-corrected chi connectivity index (χ3v) is 6.90. The van der Waals surface area contributed by atoms with E-state index >= 15 is 0 Å². The molecule has 8 nitrogen and oxygen atoms in total. The van der Waals surface area contributed by atoms with Crippen LogP contribution in [0.1, 0.15) is 53.1 Å². The normalized spacial score (nSPS) is 14.0. The Morgan fingerprint density at radius 3 is 2.97 bits per heavy atom. The number of nitrogens with zero attached hydrogens (tertiary/aromatic N) is 4. The van der Waals surface area contributed by atoms with Crippen molar-refractivity contribution in [1.29, 1.82) is 0 Å². The van der Waals surface area contributed by atoms with E-state index in [1.54, 1.807) is 4.57 Å². The highest BCUT2D eigenvalue weighted by Crippen LogP contribution is 2.28. The average molecular weight is 433 g/mol. The van der Waals surface area contributed by atoms with E-state index < -0.39 is 0 Å². The number of hydrogen-bond acceptors (Lipinski definition) is 6. The van der Waals surface area contributed by atoms with Crippen LogP contribution >= 0.6 is 23.6 Å². The molecule has 1 aliphatic heterocycles. The van der Waals surface area contributed by atoms with Crippen LogP contribution in [-0.4, -0.2) is 36.8 Å². The maximum atomic E-state index is 13.0. The summed E-state index contributed by atoms with van der Waals surface area (Å²) in [5.74, 6) is 1.48. The lowest BCUT2D eigenvalue weighted by atomic mass is 10.2. The van der Waals surface area contributed by atoms with Crippen LogP contribution in [0.5, 0.6) is 0 Å². The number of rotatable bonds is 5. The Morgan fingerprint density at radius 1 is 1.34 bits per heavy atom. The Balaban J connectivity index is 1.56. The first-order valence-electron chi connectivity index (χ1n) is 9.96. The molecule has 29 heavy (non-hydrogen) atoms. The van der Waals surface area contributed by atoms with Gasteiger partial charge in [0.2, 0.25) is 0 Å². The Bertz CT molecular complexity index is 1190. The number of carbonyl (C=O) groups is 1. The number of aryl methyl sites for hydroxylation is 2. The molecule has 3 aromatic rings. The molecule has 10 heteroatoms. The van der Waals surface area contributed by atoms with E-state index in [-0.39, 0.29) is 11.5 Å². The number of amides is 1. The summed E-state index contributed by atoms with van der Waals surface area (Å²) in [5.41, 5.74) is 0.703. The van der Waals surface area contributed by atoms with Gasteiger partial charge >= 0.3 is 0 Å². The molecule has 0 aliphatic carbocycles. The summed E-state index contributed by atoms with van der Waals surface area (Å²) in [6.07, 6.45) is 4.55. The van der Waals surface area contributed by atoms with Crippen LogP contribution in [0.4, 0.5) is 0 Å². The second-order valence-electron chi connectivity index (χ2n) is 7.23. The first-order chi connectivity index (χ1) is 14.0. The fraction of sp³-hybridized carbons (Fsp3) is 0.526. The van der Waals surface area contributed by atoms with Crippen molar-refractivity contribution < 1.29 is 4.79 Å². The summed E-state index contributed by atoms with van der Waals surface area (Å²) in [6.45, 7) is 5.72. The summed E-state index contributed by atoms with van der Waals surface area (Å²) < 4.78 is 4.29. The quantitative estimate of drug-likeness (QED) is 0.604.